The number of rotatable bonds is 6. The third-order valence-electron chi connectivity index (χ3n) is 1.98. The number of amidine groups is 1. The second-order valence-corrected chi connectivity index (χ2v) is 4.82. The summed E-state index contributed by atoms with van der Waals surface area (Å²) < 4.78 is 4.98. The van der Waals surface area contributed by atoms with Gasteiger partial charge in [0.2, 0.25) is 0 Å². The van der Waals surface area contributed by atoms with E-state index in [1.54, 1.807) is 24.9 Å². The van der Waals surface area contributed by atoms with E-state index < -0.39 is 0 Å². The molecule has 0 aliphatic rings. The van der Waals surface area contributed by atoms with Crippen LogP contribution in [0, 0.1) is 5.41 Å². The second-order valence-electron chi connectivity index (χ2n) is 3.25. The lowest BCUT2D eigenvalue weighted by atomic mass is 10.2. The zero-order chi connectivity index (χ0) is 12.0. The molecule has 0 aromatic heterocycles. The third-order valence-corrected chi connectivity index (χ3v) is 3.38. The number of methoxy groups -OCH3 is 1. The summed E-state index contributed by atoms with van der Waals surface area (Å²) in [7, 11) is 1.69. The Balaban J connectivity index is 2.67. The van der Waals surface area contributed by atoms with E-state index in [0.29, 0.717) is 10.6 Å². The monoisotopic (exact) mass is 258 g/mol. The van der Waals surface area contributed by atoms with Crippen molar-refractivity contribution < 1.29 is 4.74 Å². The largest absolute Gasteiger partial charge is 0.385 e. The van der Waals surface area contributed by atoms with Gasteiger partial charge >= 0.3 is 0 Å². The zero-order valence-corrected chi connectivity index (χ0v) is 10.7. The number of nitrogens with one attached hydrogen (secondary N) is 1. The van der Waals surface area contributed by atoms with Crippen molar-refractivity contribution in [2.75, 3.05) is 19.5 Å². The lowest BCUT2D eigenvalue weighted by Gasteiger charge is -2.08. The quantitative estimate of drug-likeness (QED) is 0.357. The van der Waals surface area contributed by atoms with Gasteiger partial charge in [-0.15, -0.1) is 11.8 Å². The zero-order valence-electron chi connectivity index (χ0n) is 9.13. The average Bonchev–Trinajstić information content (AvgIpc) is 2.26. The molecule has 0 unspecified atom stereocenters. The van der Waals surface area contributed by atoms with E-state index in [1.807, 2.05) is 12.1 Å². The molecule has 1 aromatic carbocycles. The Morgan fingerprint density at radius 2 is 2.31 bits per heavy atom. The Kier molecular flexibility index (Phi) is 5.66. The van der Waals surface area contributed by atoms with Crippen LogP contribution in [0.3, 0.4) is 0 Å². The first-order valence-corrected chi connectivity index (χ1v) is 6.27. The van der Waals surface area contributed by atoms with Crippen molar-refractivity contribution in [3.8, 4) is 0 Å². The fourth-order valence-electron chi connectivity index (χ4n) is 1.22. The molecule has 0 heterocycles. The summed E-state index contributed by atoms with van der Waals surface area (Å²) in [6.45, 7) is 0.746. The predicted molar refractivity (Wildman–Crippen MR) is 69.7 cm³/mol. The summed E-state index contributed by atoms with van der Waals surface area (Å²) >= 11 is 7.53. The van der Waals surface area contributed by atoms with Gasteiger partial charge in [-0.2, -0.15) is 0 Å². The van der Waals surface area contributed by atoms with Crippen molar-refractivity contribution in [2.24, 2.45) is 5.73 Å². The highest BCUT2D eigenvalue weighted by molar-refractivity contribution is 7.99. The van der Waals surface area contributed by atoms with Gasteiger partial charge < -0.3 is 10.5 Å². The summed E-state index contributed by atoms with van der Waals surface area (Å²) in [4.78, 5) is 0.994. The topological polar surface area (TPSA) is 59.1 Å². The highest BCUT2D eigenvalue weighted by atomic mass is 35.5. The van der Waals surface area contributed by atoms with E-state index in [4.69, 9.17) is 27.5 Å². The number of nitrogens with two attached hydrogens (primary N) is 1. The molecule has 0 aliphatic heterocycles. The standard InChI is InChI=1S/C11H15ClN2OS/c1-15-5-2-6-16-10-4-3-8(12)7-9(10)11(13)14/h3-4,7H,2,5-6H2,1H3,(H3,13,14). The molecule has 5 heteroatoms. The van der Waals surface area contributed by atoms with Gasteiger partial charge in [0, 0.05) is 35.0 Å². The van der Waals surface area contributed by atoms with Crippen LogP contribution in [-0.4, -0.2) is 25.3 Å². The van der Waals surface area contributed by atoms with Crippen LogP contribution in [0.1, 0.15) is 12.0 Å². The van der Waals surface area contributed by atoms with Crippen molar-refractivity contribution in [3.63, 3.8) is 0 Å². The van der Waals surface area contributed by atoms with Crippen molar-refractivity contribution in [1.29, 1.82) is 5.41 Å². The molecule has 0 amide bonds. The van der Waals surface area contributed by atoms with Crippen LogP contribution >= 0.6 is 23.4 Å². The highest BCUT2D eigenvalue weighted by Crippen LogP contribution is 2.25. The van der Waals surface area contributed by atoms with Gasteiger partial charge in [0.25, 0.3) is 0 Å². The molecule has 88 valence electrons. The summed E-state index contributed by atoms with van der Waals surface area (Å²) in [5, 5.41) is 8.07. The Bertz CT molecular complexity index is 371. The number of hydrogen-bond acceptors (Lipinski definition) is 3. The number of benzene rings is 1. The summed E-state index contributed by atoms with van der Waals surface area (Å²) in [5.74, 6) is 0.993. The van der Waals surface area contributed by atoms with Crippen LogP contribution in [-0.2, 0) is 4.74 Å². The average molecular weight is 259 g/mol. The molecule has 0 aliphatic carbocycles. The highest BCUT2D eigenvalue weighted by Gasteiger charge is 2.06. The molecule has 0 radical (unpaired) electrons. The minimum Gasteiger partial charge on any atom is -0.385 e. The van der Waals surface area contributed by atoms with Crippen LogP contribution in [0.4, 0.5) is 0 Å². The van der Waals surface area contributed by atoms with Crippen LogP contribution in [0.2, 0.25) is 5.02 Å². The lowest BCUT2D eigenvalue weighted by molar-refractivity contribution is 0.200. The lowest BCUT2D eigenvalue weighted by Crippen LogP contribution is -2.12. The first-order chi connectivity index (χ1) is 7.65. The minimum absolute atomic E-state index is 0.0525. The minimum atomic E-state index is 0.0525. The van der Waals surface area contributed by atoms with Crippen LogP contribution in [0.15, 0.2) is 23.1 Å². The van der Waals surface area contributed by atoms with Gasteiger partial charge in [-0.05, 0) is 24.6 Å². The molecule has 0 spiro atoms. The smallest absolute Gasteiger partial charge is 0.123 e. The summed E-state index contributed by atoms with van der Waals surface area (Å²) in [5.41, 5.74) is 6.20. The maximum atomic E-state index is 7.47. The van der Waals surface area contributed by atoms with Gasteiger partial charge in [-0.3, -0.25) is 5.41 Å². The van der Waals surface area contributed by atoms with E-state index >= 15 is 0 Å². The van der Waals surface area contributed by atoms with E-state index in [2.05, 4.69) is 0 Å². The SMILES string of the molecule is COCCCSc1ccc(Cl)cc1C(=N)N. The van der Waals surface area contributed by atoms with E-state index in [0.717, 1.165) is 23.7 Å². The summed E-state index contributed by atoms with van der Waals surface area (Å²) in [6, 6.07) is 5.44. The summed E-state index contributed by atoms with van der Waals surface area (Å²) in [6.07, 6.45) is 0.973. The second kappa shape index (κ2) is 6.78. The molecule has 1 aromatic rings. The number of nitrogen functional groups attached to an aromatic ring is 1. The van der Waals surface area contributed by atoms with Crippen LogP contribution in [0.5, 0.6) is 0 Å². The Morgan fingerprint density at radius 3 is 2.94 bits per heavy atom. The molecule has 3 N–H and O–H groups in total. The van der Waals surface area contributed by atoms with Crippen LogP contribution < -0.4 is 5.73 Å². The molecule has 0 atom stereocenters. The first-order valence-electron chi connectivity index (χ1n) is 4.91. The van der Waals surface area contributed by atoms with Gasteiger partial charge in [0.05, 0.1) is 0 Å². The molecule has 1 rings (SSSR count). The van der Waals surface area contributed by atoms with Crippen molar-refractivity contribution >= 4 is 29.2 Å². The van der Waals surface area contributed by atoms with E-state index in [9.17, 15) is 0 Å². The van der Waals surface area contributed by atoms with Gasteiger partial charge in [-0.25, -0.2) is 0 Å². The molecule has 16 heavy (non-hydrogen) atoms. The number of thioether (sulfide) groups is 1. The predicted octanol–water partition coefficient (Wildman–Crippen LogP) is 2.75. The van der Waals surface area contributed by atoms with E-state index in [1.165, 1.54) is 0 Å². The molecule has 0 bridgehead atoms. The van der Waals surface area contributed by atoms with E-state index in [-0.39, 0.29) is 5.84 Å². The molecule has 0 saturated heterocycles. The number of hydrogen-bond donors (Lipinski definition) is 2. The van der Waals surface area contributed by atoms with Crippen molar-refractivity contribution in [2.45, 2.75) is 11.3 Å². The molecule has 0 fully saturated rings. The Labute approximate surface area is 105 Å². The molecule has 3 nitrogen and oxygen atoms in total. The fourth-order valence-corrected chi connectivity index (χ4v) is 2.37. The van der Waals surface area contributed by atoms with Crippen LogP contribution in [0.25, 0.3) is 0 Å². The molecular weight excluding hydrogens is 244 g/mol. The normalized spacial score (nSPS) is 10.4. The third kappa shape index (κ3) is 4.04. The number of halogens is 1. The maximum absolute atomic E-state index is 7.47. The first kappa shape index (κ1) is 13.4. The molecule has 0 saturated carbocycles. The van der Waals surface area contributed by atoms with Gasteiger partial charge in [0.15, 0.2) is 0 Å². The Morgan fingerprint density at radius 1 is 1.56 bits per heavy atom. The molecular formula is C11H15ClN2OS. The fraction of sp³-hybridized carbons (Fsp3) is 0.364. The van der Waals surface area contributed by atoms with Gasteiger partial charge in [0.1, 0.15) is 5.84 Å². The Hall–Kier alpha value is -0.710. The number of ether oxygens (including phenoxy) is 1. The van der Waals surface area contributed by atoms with Crippen molar-refractivity contribution in [3.05, 3.63) is 28.8 Å². The van der Waals surface area contributed by atoms with Gasteiger partial charge in [-0.1, -0.05) is 11.6 Å². The van der Waals surface area contributed by atoms with Crippen molar-refractivity contribution in [1.82, 2.24) is 0 Å². The maximum Gasteiger partial charge on any atom is 0.123 e.